The molecule has 0 aliphatic carbocycles. The van der Waals surface area contributed by atoms with Crippen molar-refractivity contribution in [3.8, 4) is 0 Å². The number of aryl methyl sites for hydroxylation is 1. The van der Waals surface area contributed by atoms with E-state index in [1.54, 1.807) is 24.3 Å². The molecule has 0 aromatic carbocycles. The Morgan fingerprint density at radius 3 is 2.76 bits per heavy atom. The summed E-state index contributed by atoms with van der Waals surface area (Å²) in [5.41, 5.74) is 0. The maximum absolute atomic E-state index is 11.7. The van der Waals surface area contributed by atoms with Crippen LogP contribution in [0.25, 0.3) is 0 Å². The minimum Gasteiger partial charge on any atom is -0.456 e. The molecule has 0 bridgehead atoms. The number of amides is 1. The molecule has 0 radical (unpaired) electrons. The van der Waals surface area contributed by atoms with Crippen molar-refractivity contribution in [2.75, 3.05) is 5.32 Å². The Morgan fingerprint density at radius 2 is 2.18 bits per heavy atom. The van der Waals surface area contributed by atoms with Crippen molar-refractivity contribution in [2.24, 2.45) is 0 Å². The second kappa shape index (κ2) is 4.97. The van der Waals surface area contributed by atoms with Crippen LogP contribution in [0.2, 0.25) is 5.15 Å². The lowest BCUT2D eigenvalue weighted by Gasteiger charge is -2.00. The van der Waals surface area contributed by atoms with Crippen LogP contribution in [0.5, 0.6) is 0 Å². The van der Waals surface area contributed by atoms with Crippen molar-refractivity contribution >= 4 is 23.3 Å². The molecule has 0 unspecified atom stereocenters. The van der Waals surface area contributed by atoms with E-state index < -0.39 is 0 Å². The van der Waals surface area contributed by atoms with Gasteiger partial charge in [-0.05, 0) is 24.3 Å². The van der Waals surface area contributed by atoms with E-state index in [4.69, 9.17) is 16.0 Å². The number of anilines is 1. The van der Waals surface area contributed by atoms with Crippen LogP contribution in [0.15, 0.2) is 28.7 Å². The molecule has 2 rings (SSSR count). The number of nitrogens with one attached hydrogen (secondary N) is 1. The molecule has 17 heavy (non-hydrogen) atoms. The summed E-state index contributed by atoms with van der Waals surface area (Å²) < 4.78 is 5.30. The average Bonchev–Trinajstić information content (AvgIpc) is 2.81. The predicted molar refractivity (Wildman–Crippen MR) is 63.1 cm³/mol. The molecule has 0 aliphatic rings. The smallest absolute Gasteiger partial charge is 0.292 e. The fraction of sp³-hybridized carbons (Fsp3) is 0.182. The minimum atomic E-state index is -0.360. The summed E-state index contributed by atoms with van der Waals surface area (Å²) in [6.07, 6.45) is 0.744. The highest BCUT2D eigenvalue weighted by Crippen LogP contribution is 2.11. The summed E-state index contributed by atoms with van der Waals surface area (Å²) in [7, 11) is 0. The van der Waals surface area contributed by atoms with Gasteiger partial charge in [0.05, 0.1) is 0 Å². The van der Waals surface area contributed by atoms with Crippen molar-refractivity contribution in [1.29, 1.82) is 0 Å². The Labute approximate surface area is 103 Å². The van der Waals surface area contributed by atoms with Gasteiger partial charge in [-0.1, -0.05) is 18.5 Å². The average molecular weight is 252 g/mol. The number of carbonyl (C=O) groups is 1. The van der Waals surface area contributed by atoms with Crippen LogP contribution in [-0.2, 0) is 6.42 Å². The third-order valence-electron chi connectivity index (χ3n) is 2.11. The van der Waals surface area contributed by atoms with E-state index in [2.05, 4.69) is 15.5 Å². The summed E-state index contributed by atoms with van der Waals surface area (Å²) in [6.45, 7) is 1.95. The first-order valence-corrected chi connectivity index (χ1v) is 5.46. The first-order chi connectivity index (χ1) is 8.19. The molecule has 0 saturated carbocycles. The number of halogens is 1. The predicted octanol–water partition coefficient (Wildman–Crippen LogP) is 2.54. The molecule has 0 atom stereocenters. The Hall–Kier alpha value is -1.88. The van der Waals surface area contributed by atoms with Crippen molar-refractivity contribution in [2.45, 2.75) is 13.3 Å². The van der Waals surface area contributed by atoms with E-state index in [0.29, 0.717) is 5.82 Å². The lowest BCUT2D eigenvalue weighted by Crippen LogP contribution is -2.12. The zero-order chi connectivity index (χ0) is 12.3. The van der Waals surface area contributed by atoms with Gasteiger partial charge in [-0.15, -0.1) is 10.2 Å². The zero-order valence-corrected chi connectivity index (χ0v) is 9.86. The molecular weight excluding hydrogens is 242 g/mol. The molecule has 5 nitrogen and oxygen atoms in total. The summed E-state index contributed by atoms with van der Waals surface area (Å²) in [6, 6.07) is 6.50. The first kappa shape index (κ1) is 11.6. The van der Waals surface area contributed by atoms with E-state index in [9.17, 15) is 4.79 Å². The maximum Gasteiger partial charge on any atom is 0.292 e. The number of carbonyl (C=O) groups excluding carboxylic acids is 1. The van der Waals surface area contributed by atoms with Gasteiger partial charge < -0.3 is 9.73 Å². The van der Waals surface area contributed by atoms with E-state index in [1.165, 1.54) is 0 Å². The monoisotopic (exact) mass is 251 g/mol. The number of aromatic nitrogens is 2. The third kappa shape index (κ3) is 2.82. The van der Waals surface area contributed by atoms with E-state index in [0.717, 1.165) is 12.2 Å². The highest BCUT2D eigenvalue weighted by atomic mass is 35.5. The SMILES string of the molecule is CCc1ccc(C(=O)Nc2ccc(Cl)nn2)o1. The molecule has 2 aromatic rings. The van der Waals surface area contributed by atoms with Crippen molar-refractivity contribution in [1.82, 2.24) is 10.2 Å². The molecule has 0 spiro atoms. The standard InChI is InChI=1S/C11H10ClN3O2/c1-2-7-3-4-8(17-7)11(16)13-10-6-5-9(12)14-15-10/h3-6H,2H2,1H3,(H,13,15,16). The van der Waals surface area contributed by atoms with Crippen LogP contribution < -0.4 is 5.32 Å². The Balaban J connectivity index is 2.08. The molecule has 2 heterocycles. The molecule has 2 aromatic heterocycles. The summed E-state index contributed by atoms with van der Waals surface area (Å²) in [4.78, 5) is 11.7. The van der Waals surface area contributed by atoms with Gasteiger partial charge in [0.15, 0.2) is 16.7 Å². The molecule has 88 valence electrons. The first-order valence-electron chi connectivity index (χ1n) is 5.08. The lowest BCUT2D eigenvalue weighted by atomic mass is 10.3. The number of nitrogens with zero attached hydrogens (tertiary/aromatic N) is 2. The Kier molecular flexibility index (Phi) is 3.39. The quantitative estimate of drug-likeness (QED) is 0.910. The summed E-state index contributed by atoms with van der Waals surface area (Å²) in [5, 5.41) is 10.2. The van der Waals surface area contributed by atoms with Gasteiger partial charge in [-0.3, -0.25) is 4.79 Å². The maximum atomic E-state index is 11.7. The second-order valence-corrected chi connectivity index (χ2v) is 3.70. The topological polar surface area (TPSA) is 68.0 Å². The van der Waals surface area contributed by atoms with Crippen LogP contribution in [0.4, 0.5) is 5.82 Å². The van der Waals surface area contributed by atoms with Crippen LogP contribution >= 0.6 is 11.6 Å². The van der Waals surface area contributed by atoms with Gasteiger partial charge in [0.2, 0.25) is 0 Å². The van der Waals surface area contributed by atoms with E-state index in [-0.39, 0.29) is 16.8 Å². The molecule has 0 fully saturated rings. The molecule has 6 heteroatoms. The molecule has 0 aliphatic heterocycles. The van der Waals surface area contributed by atoms with Crippen LogP contribution in [0.1, 0.15) is 23.2 Å². The number of hydrogen-bond donors (Lipinski definition) is 1. The van der Waals surface area contributed by atoms with Gasteiger partial charge in [-0.2, -0.15) is 0 Å². The largest absolute Gasteiger partial charge is 0.456 e. The van der Waals surface area contributed by atoms with Crippen molar-refractivity contribution < 1.29 is 9.21 Å². The van der Waals surface area contributed by atoms with Gasteiger partial charge in [0, 0.05) is 6.42 Å². The van der Waals surface area contributed by atoms with Crippen molar-refractivity contribution in [3.05, 3.63) is 40.9 Å². The molecule has 1 amide bonds. The van der Waals surface area contributed by atoms with Crippen molar-refractivity contribution in [3.63, 3.8) is 0 Å². The summed E-state index contributed by atoms with van der Waals surface area (Å²) >= 11 is 5.58. The van der Waals surface area contributed by atoms with Crippen LogP contribution in [0.3, 0.4) is 0 Å². The Morgan fingerprint density at radius 1 is 1.35 bits per heavy atom. The second-order valence-electron chi connectivity index (χ2n) is 3.31. The van der Waals surface area contributed by atoms with Crippen LogP contribution in [-0.4, -0.2) is 16.1 Å². The number of rotatable bonds is 3. The van der Waals surface area contributed by atoms with E-state index in [1.807, 2.05) is 6.92 Å². The molecular formula is C11H10ClN3O2. The molecule has 1 N–H and O–H groups in total. The minimum absolute atomic E-state index is 0.249. The van der Waals surface area contributed by atoms with Gasteiger partial charge >= 0.3 is 0 Å². The van der Waals surface area contributed by atoms with Gasteiger partial charge in [0.25, 0.3) is 5.91 Å². The van der Waals surface area contributed by atoms with E-state index >= 15 is 0 Å². The number of furan rings is 1. The number of hydrogen-bond acceptors (Lipinski definition) is 4. The fourth-order valence-electron chi connectivity index (χ4n) is 1.25. The highest BCUT2D eigenvalue weighted by Gasteiger charge is 2.11. The fourth-order valence-corrected chi connectivity index (χ4v) is 1.35. The third-order valence-corrected chi connectivity index (χ3v) is 2.31. The Bertz CT molecular complexity index is 522. The van der Waals surface area contributed by atoms with Crippen LogP contribution in [0, 0.1) is 0 Å². The molecule has 0 saturated heterocycles. The zero-order valence-electron chi connectivity index (χ0n) is 9.11. The lowest BCUT2D eigenvalue weighted by molar-refractivity contribution is 0.0994. The highest BCUT2D eigenvalue weighted by molar-refractivity contribution is 6.29. The van der Waals surface area contributed by atoms with Gasteiger partial charge in [0.1, 0.15) is 5.76 Å². The van der Waals surface area contributed by atoms with Gasteiger partial charge in [-0.25, -0.2) is 0 Å². The summed E-state index contributed by atoms with van der Waals surface area (Å²) in [5.74, 6) is 0.978. The normalized spacial score (nSPS) is 10.2.